The molecule has 147 valence electrons. The first-order valence-corrected chi connectivity index (χ1v) is 30.7. The summed E-state index contributed by atoms with van der Waals surface area (Å²) in [6.07, 6.45) is 0. The Labute approximate surface area is 175 Å². The van der Waals surface area contributed by atoms with Crippen LogP contribution >= 0.6 is 24.4 Å². The minimum absolute atomic E-state index is 0.123. The van der Waals surface area contributed by atoms with Crippen molar-refractivity contribution in [3.05, 3.63) is 44.6 Å². The van der Waals surface area contributed by atoms with Crippen LogP contribution in [0.4, 0.5) is 0 Å². The van der Waals surface area contributed by atoms with E-state index in [4.69, 9.17) is 24.4 Å². The van der Waals surface area contributed by atoms with Crippen LogP contribution in [0, 0.1) is 0 Å². The van der Waals surface area contributed by atoms with Crippen molar-refractivity contribution in [3.63, 3.8) is 0 Å². The number of allylic oxidation sites excluding steroid dienone is 8. The first kappa shape index (κ1) is 23.3. The van der Waals surface area contributed by atoms with Crippen molar-refractivity contribution in [3.8, 4) is 0 Å². The molecule has 0 bridgehead atoms. The second-order valence-electron chi connectivity index (χ2n) is 9.49. The third kappa shape index (κ3) is 2.20. The molecule has 0 radical (unpaired) electrons. The van der Waals surface area contributed by atoms with E-state index in [2.05, 4.69) is 82.3 Å². The second-order valence-corrected chi connectivity index (χ2v) is 73.2. The van der Waals surface area contributed by atoms with Crippen molar-refractivity contribution < 1.29 is 13.2 Å². The van der Waals surface area contributed by atoms with Gasteiger partial charge in [-0.3, -0.25) is 0 Å². The monoisotopic (exact) mass is 577 g/mol. The van der Waals surface area contributed by atoms with E-state index in [0.717, 1.165) is 0 Å². The first-order valence-electron chi connectivity index (χ1n) is 9.82. The molecule has 0 aromatic carbocycles. The molecule has 0 saturated heterocycles. The first-order chi connectivity index (χ1) is 11.5. The van der Waals surface area contributed by atoms with E-state index in [1.807, 2.05) is 0 Å². The molecule has 2 rings (SSSR count). The molecule has 26 heavy (non-hydrogen) atoms. The Kier molecular flexibility index (Phi) is 5.83. The molecule has 2 aliphatic rings. The summed E-state index contributed by atoms with van der Waals surface area (Å²) in [6, 6.07) is 0. The number of hydrogen-bond acceptors (Lipinski definition) is 0. The summed E-state index contributed by atoms with van der Waals surface area (Å²) in [7, 11) is 0. The standard InChI is InChI=1S/2C10H15.C2H7Si.2BrH.Zr/c2*1-6-7(2)9(4)10(5)8(6)3;1-3-2;;;/h2*1-5H3;3H,1-2H3;2*1H;/q;;;;;+2/p-2. The van der Waals surface area contributed by atoms with Crippen LogP contribution in [0.2, 0.25) is 19.3 Å². The fourth-order valence-electron chi connectivity index (χ4n) is 6.22. The van der Waals surface area contributed by atoms with Crippen molar-refractivity contribution in [2.24, 2.45) is 0 Å². The van der Waals surface area contributed by atoms with Crippen molar-refractivity contribution in [2.45, 2.75) is 88.6 Å². The van der Waals surface area contributed by atoms with Gasteiger partial charge in [-0.1, -0.05) is 0 Å². The SMILES string of the molecule is CC1=C(C)[C](C)([Zr]([Br])([Br])([SiH](C)C)[C]2(C)C(C)=C(C)C(C)=C2C)C(C)=C1C. The van der Waals surface area contributed by atoms with E-state index in [-0.39, 0.29) is 6.25 Å². The second kappa shape index (κ2) is 6.51. The van der Waals surface area contributed by atoms with Gasteiger partial charge in [-0.05, 0) is 0 Å². The fraction of sp³-hybridized carbons (Fsp3) is 0.636. The fourth-order valence-corrected chi connectivity index (χ4v) is 55.8. The maximum atomic E-state index is 4.74. The van der Waals surface area contributed by atoms with Gasteiger partial charge in [0.15, 0.2) is 0 Å². The molecule has 0 unspecified atom stereocenters. The summed E-state index contributed by atoms with van der Waals surface area (Å²) >= 11 is 5.67. The third-order valence-electron chi connectivity index (χ3n) is 9.22. The van der Waals surface area contributed by atoms with E-state index in [1.165, 1.54) is 22.3 Å². The normalized spacial score (nSPS) is 25.0. The quantitative estimate of drug-likeness (QED) is 0.292. The minimum atomic E-state index is -3.81. The molecular formula is C22H37Br2SiZr. The molecule has 0 amide bonds. The van der Waals surface area contributed by atoms with E-state index in [0.29, 0.717) is 0 Å². The molecule has 0 aliphatic heterocycles. The summed E-state index contributed by atoms with van der Waals surface area (Å²) in [6.45, 7) is 29.2. The number of rotatable bonds is 3. The van der Waals surface area contributed by atoms with Gasteiger partial charge >= 0.3 is 177 Å². The zero-order chi connectivity index (χ0) is 20.6. The Bertz CT molecular complexity index is 711. The molecule has 0 N–H and O–H groups in total. The van der Waals surface area contributed by atoms with Gasteiger partial charge in [0.1, 0.15) is 0 Å². The van der Waals surface area contributed by atoms with Gasteiger partial charge in [0.2, 0.25) is 0 Å². The predicted octanol–water partition coefficient (Wildman–Crippen LogP) is 9.01. The van der Waals surface area contributed by atoms with Gasteiger partial charge in [-0.2, -0.15) is 0 Å². The Morgan fingerprint density at radius 2 is 0.769 bits per heavy atom. The number of halogens is 2. The predicted molar refractivity (Wildman–Crippen MR) is 127 cm³/mol. The molecule has 0 spiro atoms. The zero-order valence-electron chi connectivity index (χ0n) is 18.8. The molecule has 0 aromatic rings. The van der Waals surface area contributed by atoms with E-state index in [1.54, 1.807) is 22.3 Å². The van der Waals surface area contributed by atoms with Crippen LogP contribution < -0.4 is 0 Å². The van der Waals surface area contributed by atoms with E-state index < -0.39 is 19.2 Å². The molecule has 0 atom stereocenters. The van der Waals surface area contributed by atoms with Gasteiger partial charge in [0, 0.05) is 0 Å². The Morgan fingerprint density at radius 1 is 0.577 bits per heavy atom. The third-order valence-corrected chi connectivity index (χ3v) is 97.0. The molecule has 4 heteroatoms. The maximum absolute atomic E-state index is 4.74. The molecular weight excluding hydrogens is 543 g/mol. The Morgan fingerprint density at radius 3 is 0.923 bits per heavy atom. The van der Waals surface area contributed by atoms with Gasteiger partial charge in [-0.15, -0.1) is 0 Å². The van der Waals surface area contributed by atoms with Crippen LogP contribution in [0.5, 0.6) is 0 Å². The van der Waals surface area contributed by atoms with Crippen molar-refractivity contribution in [1.82, 2.24) is 0 Å². The molecule has 0 heterocycles. The summed E-state index contributed by atoms with van der Waals surface area (Å²) in [5.41, 5.74) is 12.4. The van der Waals surface area contributed by atoms with Gasteiger partial charge in [-0.25, -0.2) is 0 Å². The molecule has 0 aromatic heterocycles. The van der Waals surface area contributed by atoms with Crippen LogP contribution in [0.3, 0.4) is 0 Å². The average molecular weight is 581 g/mol. The summed E-state index contributed by atoms with van der Waals surface area (Å²) in [5, 5.41) is 0. The number of hydrogen-bond donors (Lipinski definition) is 0. The Hall–Kier alpha value is 1.02. The van der Waals surface area contributed by atoms with Crippen LogP contribution in [0.15, 0.2) is 44.6 Å². The van der Waals surface area contributed by atoms with Crippen LogP contribution in [-0.2, 0) is 13.2 Å². The van der Waals surface area contributed by atoms with Crippen molar-refractivity contribution in [1.29, 1.82) is 0 Å². The molecule has 2 aliphatic carbocycles. The van der Waals surface area contributed by atoms with Gasteiger partial charge in [0.05, 0.1) is 0 Å². The average Bonchev–Trinajstić information content (AvgIpc) is 2.83. The van der Waals surface area contributed by atoms with Crippen molar-refractivity contribution >= 4 is 30.4 Å². The van der Waals surface area contributed by atoms with Crippen LogP contribution in [0.25, 0.3) is 0 Å². The van der Waals surface area contributed by atoms with Crippen molar-refractivity contribution in [2.75, 3.05) is 0 Å². The summed E-state index contributed by atoms with van der Waals surface area (Å²) in [5.74, 6) is -1.11. The zero-order valence-corrected chi connectivity index (χ0v) is 25.6. The summed E-state index contributed by atoms with van der Waals surface area (Å²) in [4.78, 5) is 0. The summed E-state index contributed by atoms with van der Waals surface area (Å²) < 4.78 is 0.246. The topological polar surface area (TPSA) is 0 Å². The van der Waals surface area contributed by atoms with Gasteiger partial charge in [0.25, 0.3) is 0 Å². The molecule has 0 fully saturated rings. The Balaban J connectivity index is 3.07. The molecule has 0 saturated carbocycles. The molecule has 0 nitrogen and oxygen atoms in total. The van der Waals surface area contributed by atoms with Crippen LogP contribution in [0.1, 0.15) is 69.2 Å². The van der Waals surface area contributed by atoms with Crippen LogP contribution in [-0.4, -0.2) is 5.92 Å². The van der Waals surface area contributed by atoms with E-state index >= 15 is 0 Å². The van der Waals surface area contributed by atoms with Gasteiger partial charge < -0.3 is 0 Å². The van der Waals surface area contributed by atoms with E-state index in [9.17, 15) is 0 Å².